The molecule has 2 aromatic carbocycles. The smallest absolute Gasteiger partial charge is 0.317 e. The molecule has 0 bridgehead atoms. The van der Waals surface area contributed by atoms with Gasteiger partial charge < -0.3 is 9.73 Å². The van der Waals surface area contributed by atoms with Gasteiger partial charge in [0.25, 0.3) is 5.89 Å². The number of ketones is 1. The van der Waals surface area contributed by atoms with E-state index < -0.39 is 6.17 Å². The van der Waals surface area contributed by atoms with Crippen LogP contribution in [-0.4, -0.2) is 42.6 Å². The van der Waals surface area contributed by atoms with Gasteiger partial charge in [-0.3, -0.25) is 9.79 Å². The summed E-state index contributed by atoms with van der Waals surface area (Å²) >= 11 is 0. The van der Waals surface area contributed by atoms with E-state index in [4.69, 9.17) is 9.41 Å². The summed E-state index contributed by atoms with van der Waals surface area (Å²) in [5.74, 6) is 0.861. The predicted molar refractivity (Wildman–Crippen MR) is 129 cm³/mol. The zero-order valence-corrected chi connectivity index (χ0v) is 18.4. The first-order valence-corrected chi connectivity index (χ1v) is 11.1. The molecule has 1 unspecified atom stereocenters. The second-order valence-electron chi connectivity index (χ2n) is 7.96. The second kappa shape index (κ2) is 8.79. The van der Waals surface area contributed by atoms with E-state index >= 15 is 0 Å². The van der Waals surface area contributed by atoms with Crippen LogP contribution >= 0.6 is 0 Å². The normalized spacial score (nSPS) is 15.3. The molecule has 1 aliphatic heterocycles. The van der Waals surface area contributed by atoms with Crippen LogP contribution in [0.2, 0.25) is 0 Å². The molecule has 0 fully saturated rings. The lowest BCUT2D eigenvalue weighted by atomic mass is 9.96. The lowest BCUT2D eigenvalue weighted by Crippen LogP contribution is -2.29. The predicted octanol–water partition coefficient (Wildman–Crippen LogP) is 3.72. The molecule has 9 heteroatoms. The Morgan fingerprint density at radius 3 is 2.57 bits per heavy atom. The van der Waals surface area contributed by atoms with Crippen LogP contribution in [0.4, 0.5) is 6.01 Å². The highest BCUT2D eigenvalue weighted by molar-refractivity contribution is 6.16. The standard InChI is InChI=1S/C26H19N7O2/c34-21-15-18-9-4-5-10-20(18)23(17-7-2-1-3-8-17)29-24(21)30-26-32-31-25(35-26)19-11-12-22(27-16-19)33-14-6-13-28-33/h1-14,16,24H,15H2,(H,30,32). The monoisotopic (exact) mass is 461 g/mol. The third kappa shape index (κ3) is 4.10. The number of Topliss-reactive ketones (excluding diaryl/α,β-unsaturated/α-hetero) is 1. The van der Waals surface area contributed by atoms with Crippen LogP contribution in [0.25, 0.3) is 17.3 Å². The molecule has 0 aliphatic carbocycles. The number of nitrogens with one attached hydrogen (secondary N) is 1. The molecule has 0 amide bonds. The molecular weight excluding hydrogens is 442 g/mol. The highest BCUT2D eigenvalue weighted by Crippen LogP contribution is 2.24. The van der Waals surface area contributed by atoms with Gasteiger partial charge in [-0.15, -0.1) is 5.10 Å². The summed E-state index contributed by atoms with van der Waals surface area (Å²) in [7, 11) is 0. The molecule has 35 heavy (non-hydrogen) atoms. The van der Waals surface area contributed by atoms with Crippen molar-refractivity contribution in [3.63, 3.8) is 0 Å². The second-order valence-corrected chi connectivity index (χ2v) is 7.96. The van der Waals surface area contributed by atoms with E-state index in [9.17, 15) is 4.79 Å². The fourth-order valence-corrected chi connectivity index (χ4v) is 3.97. The fraction of sp³-hybridized carbons (Fsp3) is 0.0769. The minimum absolute atomic E-state index is 0.0895. The maximum Gasteiger partial charge on any atom is 0.317 e. The Kier molecular flexibility index (Phi) is 5.19. The van der Waals surface area contributed by atoms with Gasteiger partial charge in [0.05, 0.1) is 11.3 Å². The third-order valence-corrected chi connectivity index (χ3v) is 5.67. The van der Waals surface area contributed by atoms with Crippen molar-refractivity contribution in [3.8, 4) is 17.3 Å². The van der Waals surface area contributed by atoms with Crippen LogP contribution in [0.15, 0.2) is 101 Å². The number of carbonyl (C=O) groups excluding carboxylic acids is 1. The number of fused-ring (bicyclic) bond motifs is 1. The zero-order chi connectivity index (χ0) is 23.6. The molecule has 0 saturated carbocycles. The summed E-state index contributed by atoms with van der Waals surface area (Å²) in [6, 6.07) is 23.2. The van der Waals surface area contributed by atoms with Gasteiger partial charge in [0.2, 0.25) is 0 Å². The summed E-state index contributed by atoms with van der Waals surface area (Å²) < 4.78 is 7.45. The topological polar surface area (TPSA) is 111 Å². The van der Waals surface area contributed by atoms with Crippen molar-refractivity contribution in [1.82, 2.24) is 25.0 Å². The molecular formula is C26H19N7O2. The van der Waals surface area contributed by atoms with Gasteiger partial charge in [-0.25, -0.2) is 9.67 Å². The van der Waals surface area contributed by atoms with Crippen molar-refractivity contribution in [2.24, 2.45) is 4.99 Å². The van der Waals surface area contributed by atoms with Crippen LogP contribution in [0.1, 0.15) is 16.7 Å². The van der Waals surface area contributed by atoms with E-state index in [1.807, 2.05) is 79.0 Å². The maximum absolute atomic E-state index is 13.1. The number of carbonyl (C=O) groups is 1. The number of hydrogen-bond acceptors (Lipinski definition) is 8. The lowest BCUT2D eigenvalue weighted by Gasteiger charge is -2.11. The van der Waals surface area contributed by atoms with Gasteiger partial charge in [0, 0.05) is 36.1 Å². The SMILES string of the molecule is O=C1Cc2ccccc2C(c2ccccc2)=NC1Nc1nnc(-c2ccc(-n3cccn3)nc2)o1. The summed E-state index contributed by atoms with van der Waals surface area (Å²) in [5, 5.41) is 15.4. The Labute approximate surface area is 200 Å². The molecule has 1 atom stereocenters. The maximum atomic E-state index is 13.1. The highest BCUT2D eigenvalue weighted by Gasteiger charge is 2.27. The Bertz CT molecular complexity index is 1510. The number of benzene rings is 2. The number of rotatable bonds is 5. The zero-order valence-electron chi connectivity index (χ0n) is 18.4. The number of aromatic nitrogens is 5. The molecule has 4 heterocycles. The van der Waals surface area contributed by atoms with Crippen LogP contribution in [-0.2, 0) is 11.2 Å². The molecule has 9 nitrogen and oxygen atoms in total. The number of hydrogen-bond donors (Lipinski definition) is 1. The average molecular weight is 461 g/mol. The Balaban J connectivity index is 1.29. The third-order valence-electron chi connectivity index (χ3n) is 5.67. The summed E-state index contributed by atoms with van der Waals surface area (Å²) in [4.78, 5) is 22.3. The molecule has 0 saturated heterocycles. The molecule has 170 valence electrons. The Hall–Kier alpha value is -4.92. The molecule has 6 rings (SSSR count). The first kappa shape index (κ1) is 20.7. The van der Waals surface area contributed by atoms with Gasteiger partial charge in [0.15, 0.2) is 17.8 Å². The Morgan fingerprint density at radius 1 is 0.914 bits per heavy atom. The van der Waals surface area contributed by atoms with Gasteiger partial charge in [0.1, 0.15) is 0 Å². The summed E-state index contributed by atoms with van der Waals surface area (Å²) in [5.41, 5.74) is 4.18. The van der Waals surface area contributed by atoms with Gasteiger partial charge in [-0.05, 0) is 23.8 Å². The number of anilines is 1. The van der Waals surface area contributed by atoms with Crippen molar-refractivity contribution in [1.29, 1.82) is 0 Å². The van der Waals surface area contributed by atoms with E-state index in [1.54, 1.807) is 17.1 Å². The van der Waals surface area contributed by atoms with Crippen LogP contribution < -0.4 is 5.32 Å². The van der Waals surface area contributed by atoms with Gasteiger partial charge >= 0.3 is 6.01 Å². The summed E-state index contributed by atoms with van der Waals surface area (Å²) in [6.07, 6.45) is 4.50. The van der Waals surface area contributed by atoms with E-state index in [0.717, 1.165) is 22.4 Å². The lowest BCUT2D eigenvalue weighted by molar-refractivity contribution is -0.119. The highest BCUT2D eigenvalue weighted by atomic mass is 16.4. The number of nitrogens with zero attached hydrogens (tertiary/aromatic N) is 6. The van der Waals surface area contributed by atoms with E-state index in [-0.39, 0.29) is 24.1 Å². The first-order chi connectivity index (χ1) is 17.2. The largest absolute Gasteiger partial charge is 0.403 e. The molecule has 1 N–H and O–H groups in total. The average Bonchev–Trinajstić information content (AvgIpc) is 3.58. The molecule has 3 aromatic heterocycles. The van der Waals surface area contributed by atoms with Crippen molar-refractivity contribution >= 4 is 17.5 Å². The first-order valence-electron chi connectivity index (χ1n) is 11.1. The van der Waals surface area contributed by atoms with Crippen molar-refractivity contribution in [2.75, 3.05) is 5.32 Å². The molecule has 0 spiro atoms. The van der Waals surface area contributed by atoms with Crippen molar-refractivity contribution in [2.45, 2.75) is 12.6 Å². The van der Waals surface area contributed by atoms with Crippen molar-refractivity contribution < 1.29 is 9.21 Å². The van der Waals surface area contributed by atoms with Gasteiger partial charge in [-0.1, -0.05) is 59.7 Å². The molecule has 0 radical (unpaired) electrons. The van der Waals surface area contributed by atoms with Crippen molar-refractivity contribution in [3.05, 3.63) is 108 Å². The van der Waals surface area contributed by atoms with Crippen LogP contribution in [0.5, 0.6) is 0 Å². The molecule has 5 aromatic rings. The van der Waals surface area contributed by atoms with Crippen LogP contribution in [0.3, 0.4) is 0 Å². The summed E-state index contributed by atoms with van der Waals surface area (Å²) in [6.45, 7) is 0. The van der Waals surface area contributed by atoms with Gasteiger partial charge in [-0.2, -0.15) is 5.10 Å². The minimum Gasteiger partial charge on any atom is -0.403 e. The quantitative estimate of drug-likeness (QED) is 0.425. The molecule has 1 aliphatic rings. The number of aliphatic imine (C=N–C) groups is 1. The fourth-order valence-electron chi connectivity index (χ4n) is 3.97. The Morgan fingerprint density at radius 2 is 1.77 bits per heavy atom. The minimum atomic E-state index is -0.869. The van der Waals surface area contributed by atoms with E-state index in [1.165, 1.54) is 0 Å². The van der Waals surface area contributed by atoms with E-state index in [0.29, 0.717) is 11.4 Å². The van der Waals surface area contributed by atoms with E-state index in [2.05, 4.69) is 25.6 Å². The van der Waals surface area contributed by atoms with Crippen LogP contribution in [0, 0.1) is 0 Å². The number of pyridine rings is 1.